The van der Waals surface area contributed by atoms with Gasteiger partial charge in [-0.15, -0.1) is 0 Å². The van der Waals surface area contributed by atoms with E-state index in [0.29, 0.717) is 0 Å². The smallest absolute Gasteiger partial charge is 0.341 e. The van der Waals surface area contributed by atoms with Crippen molar-refractivity contribution in [2.45, 2.75) is 50.9 Å². The molecule has 0 radical (unpaired) electrons. The third-order valence-corrected chi connectivity index (χ3v) is 3.92. The largest absolute Gasteiger partial charge is 0.460 e. The lowest BCUT2D eigenvalue weighted by atomic mass is 9.95. The molecule has 2 aliphatic rings. The predicted molar refractivity (Wildman–Crippen MR) is 67.1 cm³/mol. The Hall–Kier alpha value is -1.35. The van der Waals surface area contributed by atoms with Crippen LogP contribution in [0.3, 0.4) is 0 Å². The zero-order valence-corrected chi connectivity index (χ0v) is 10.8. The van der Waals surface area contributed by atoms with Crippen LogP contribution >= 0.6 is 0 Å². The fraction of sp³-hybridized carbons (Fsp3) is 0.533. The Bertz CT molecular complexity index is 461. The summed E-state index contributed by atoms with van der Waals surface area (Å²) in [7, 11) is 0. The SMILES string of the molecule is Cc1ccc(C2OC2(C)C(=O)OC2CCC2)cc1. The van der Waals surface area contributed by atoms with E-state index < -0.39 is 5.60 Å². The van der Waals surface area contributed by atoms with Gasteiger partial charge in [0.05, 0.1) is 0 Å². The third-order valence-electron chi connectivity index (χ3n) is 3.92. The highest BCUT2D eigenvalue weighted by atomic mass is 16.7. The van der Waals surface area contributed by atoms with E-state index in [4.69, 9.17) is 9.47 Å². The van der Waals surface area contributed by atoms with E-state index in [1.165, 1.54) is 5.56 Å². The van der Waals surface area contributed by atoms with Gasteiger partial charge < -0.3 is 9.47 Å². The molecule has 2 atom stereocenters. The van der Waals surface area contributed by atoms with Crippen LogP contribution in [0.2, 0.25) is 0 Å². The summed E-state index contributed by atoms with van der Waals surface area (Å²) in [6, 6.07) is 8.10. The first-order valence-electron chi connectivity index (χ1n) is 6.55. The molecule has 3 rings (SSSR count). The minimum absolute atomic E-state index is 0.122. The van der Waals surface area contributed by atoms with Crippen LogP contribution in [0.1, 0.15) is 43.4 Å². The number of hydrogen-bond donors (Lipinski definition) is 0. The molecule has 1 heterocycles. The summed E-state index contributed by atoms with van der Waals surface area (Å²) in [5, 5.41) is 0. The Kier molecular flexibility index (Phi) is 2.67. The minimum atomic E-state index is -0.773. The number of aryl methyl sites for hydroxylation is 1. The Morgan fingerprint density at radius 3 is 2.56 bits per heavy atom. The minimum Gasteiger partial charge on any atom is -0.460 e. The van der Waals surface area contributed by atoms with Crippen molar-refractivity contribution < 1.29 is 14.3 Å². The van der Waals surface area contributed by atoms with Gasteiger partial charge in [0.2, 0.25) is 0 Å². The molecular weight excluding hydrogens is 228 g/mol. The van der Waals surface area contributed by atoms with Crippen molar-refractivity contribution in [1.29, 1.82) is 0 Å². The van der Waals surface area contributed by atoms with Gasteiger partial charge >= 0.3 is 5.97 Å². The second-order valence-corrected chi connectivity index (χ2v) is 5.47. The monoisotopic (exact) mass is 246 g/mol. The van der Waals surface area contributed by atoms with Crippen LogP contribution in [0.4, 0.5) is 0 Å². The summed E-state index contributed by atoms with van der Waals surface area (Å²) >= 11 is 0. The van der Waals surface area contributed by atoms with Crippen molar-refractivity contribution in [2.24, 2.45) is 0 Å². The maximum atomic E-state index is 12.0. The van der Waals surface area contributed by atoms with E-state index in [9.17, 15) is 4.79 Å². The van der Waals surface area contributed by atoms with Gasteiger partial charge in [-0.3, -0.25) is 0 Å². The summed E-state index contributed by atoms with van der Waals surface area (Å²) < 4.78 is 11.0. The number of carbonyl (C=O) groups is 1. The number of benzene rings is 1. The first kappa shape index (κ1) is 11.7. The standard InChI is InChI=1S/C15H18O3/c1-10-6-8-11(9-7-10)13-15(2,18-13)14(16)17-12-4-3-5-12/h6-9,12-13H,3-5H2,1-2H3. The molecule has 0 N–H and O–H groups in total. The van der Waals surface area contributed by atoms with Gasteiger partial charge in [0.15, 0.2) is 5.60 Å². The molecule has 0 bridgehead atoms. The number of epoxide rings is 1. The first-order chi connectivity index (χ1) is 8.59. The molecule has 1 aromatic carbocycles. The molecule has 0 aromatic heterocycles. The highest BCUT2D eigenvalue weighted by Crippen LogP contribution is 2.50. The van der Waals surface area contributed by atoms with Crippen LogP contribution in [0, 0.1) is 6.92 Å². The first-order valence-corrected chi connectivity index (χ1v) is 6.55. The van der Waals surface area contributed by atoms with Gasteiger partial charge in [-0.25, -0.2) is 4.79 Å². The zero-order valence-electron chi connectivity index (χ0n) is 10.8. The predicted octanol–water partition coefficient (Wildman–Crippen LogP) is 2.92. The Balaban J connectivity index is 1.66. The van der Waals surface area contributed by atoms with Crippen LogP contribution < -0.4 is 0 Å². The zero-order chi connectivity index (χ0) is 12.8. The number of carbonyl (C=O) groups excluding carboxylic acids is 1. The summed E-state index contributed by atoms with van der Waals surface area (Å²) in [6.45, 7) is 3.86. The molecule has 3 heteroatoms. The van der Waals surface area contributed by atoms with Crippen molar-refractivity contribution in [3.63, 3.8) is 0 Å². The Morgan fingerprint density at radius 2 is 2.00 bits per heavy atom. The molecule has 0 amide bonds. The average Bonchev–Trinajstić information content (AvgIpc) is 2.98. The topological polar surface area (TPSA) is 38.8 Å². The maximum absolute atomic E-state index is 12.0. The molecule has 3 nitrogen and oxygen atoms in total. The van der Waals surface area contributed by atoms with Gasteiger partial charge in [0.25, 0.3) is 0 Å². The molecule has 96 valence electrons. The van der Waals surface area contributed by atoms with Gasteiger partial charge in [-0.05, 0) is 38.7 Å². The van der Waals surface area contributed by atoms with Crippen LogP contribution in [0.5, 0.6) is 0 Å². The van der Waals surface area contributed by atoms with E-state index >= 15 is 0 Å². The van der Waals surface area contributed by atoms with Gasteiger partial charge in [0, 0.05) is 0 Å². The second-order valence-electron chi connectivity index (χ2n) is 5.47. The summed E-state index contributed by atoms with van der Waals surface area (Å²) in [5.41, 5.74) is 1.48. The van der Waals surface area contributed by atoms with E-state index in [-0.39, 0.29) is 18.2 Å². The molecule has 1 saturated carbocycles. The fourth-order valence-electron chi connectivity index (χ4n) is 2.25. The van der Waals surface area contributed by atoms with E-state index in [0.717, 1.165) is 24.8 Å². The summed E-state index contributed by atoms with van der Waals surface area (Å²) in [5.74, 6) is -0.210. The lowest BCUT2D eigenvalue weighted by Crippen LogP contribution is -2.32. The average molecular weight is 246 g/mol. The molecule has 2 fully saturated rings. The van der Waals surface area contributed by atoms with Gasteiger partial charge in [-0.1, -0.05) is 29.8 Å². The lowest BCUT2D eigenvalue weighted by Gasteiger charge is -2.26. The lowest BCUT2D eigenvalue weighted by molar-refractivity contribution is -0.158. The maximum Gasteiger partial charge on any atom is 0.341 e. The van der Waals surface area contributed by atoms with Crippen molar-refractivity contribution >= 4 is 5.97 Å². The van der Waals surface area contributed by atoms with Crippen molar-refractivity contribution in [3.8, 4) is 0 Å². The molecule has 18 heavy (non-hydrogen) atoms. The second kappa shape index (κ2) is 4.09. The number of rotatable bonds is 3. The molecule has 2 unspecified atom stereocenters. The van der Waals surface area contributed by atoms with E-state index in [2.05, 4.69) is 0 Å². The fourth-order valence-corrected chi connectivity index (χ4v) is 2.25. The number of esters is 1. The molecular formula is C15H18O3. The molecule has 1 saturated heterocycles. The molecule has 1 aliphatic carbocycles. The Morgan fingerprint density at radius 1 is 1.33 bits per heavy atom. The third kappa shape index (κ3) is 1.93. The Labute approximate surface area is 107 Å². The van der Waals surface area contributed by atoms with Crippen molar-refractivity contribution in [3.05, 3.63) is 35.4 Å². The van der Waals surface area contributed by atoms with Crippen molar-refractivity contribution in [2.75, 3.05) is 0 Å². The molecule has 0 spiro atoms. The number of ether oxygens (including phenoxy) is 2. The normalized spacial score (nSPS) is 30.7. The highest BCUT2D eigenvalue weighted by Gasteiger charge is 2.61. The van der Waals surface area contributed by atoms with Gasteiger partial charge in [0.1, 0.15) is 12.2 Å². The summed E-state index contributed by atoms with van der Waals surface area (Å²) in [4.78, 5) is 12.0. The van der Waals surface area contributed by atoms with E-state index in [1.807, 2.05) is 38.1 Å². The quantitative estimate of drug-likeness (QED) is 0.608. The highest BCUT2D eigenvalue weighted by molar-refractivity contribution is 5.83. The van der Waals surface area contributed by atoms with Crippen molar-refractivity contribution in [1.82, 2.24) is 0 Å². The van der Waals surface area contributed by atoms with Gasteiger partial charge in [-0.2, -0.15) is 0 Å². The van der Waals surface area contributed by atoms with E-state index in [1.54, 1.807) is 0 Å². The van der Waals surface area contributed by atoms with Crippen LogP contribution in [0.25, 0.3) is 0 Å². The molecule has 1 aromatic rings. The van der Waals surface area contributed by atoms with Crippen LogP contribution in [0.15, 0.2) is 24.3 Å². The van der Waals surface area contributed by atoms with Crippen LogP contribution in [-0.4, -0.2) is 17.7 Å². The van der Waals surface area contributed by atoms with Crippen LogP contribution in [-0.2, 0) is 14.3 Å². The number of hydrogen-bond acceptors (Lipinski definition) is 3. The summed E-state index contributed by atoms with van der Waals surface area (Å²) in [6.07, 6.45) is 3.13. The molecule has 1 aliphatic heterocycles.